The molecule has 4 heteroatoms. The molecule has 0 unspecified atom stereocenters. The second-order valence-electron chi connectivity index (χ2n) is 4.91. The quantitative estimate of drug-likeness (QED) is 0.911. The molecule has 0 saturated carbocycles. The molecule has 1 atom stereocenters. The normalized spacial score (nSPS) is 20.7. The lowest BCUT2D eigenvalue weighted by Gasteiger charge is -2.28. The van der Waals surface area contributed by atoms with Crippen LogP contribution in [0.3, 0.4) is 0 Å². The maximum atomic E-state index is 12.0. The van der Waals surface area contributed by atoms with Gasteiger partial charge in [-0.2, -0.15) is 0 Å². The van der Waals surface area contributed by atoms with Gasteiger partial charge in [-0.15, -0.1) is 0 Å². The number of hydrogen-bond acceptors (Lipinski definition) is 2. The average Bonchev–Trinajstić information content (AvgIpc) is 2.37. The molecular weight excluding hydrogens is 248 g/mol. The Bertz CT molecular complexity index is 422. The van der Waals surface area contributed by atoms with E-state index in [9.17, 15) is 4.79 Å². The van der Waals surface area contributed by atoms with Gasteiger partial charge in [0.1, 0.15) is 0 Å². The van der Waals surface area contributed by atoms with Crippen LogP contribution >= 0.6 is 11.6 Å². The topological polar surface area (TPSA) is 32.3 Å². The van der Waals surface area contributed by atoms with E-state index < -0.39 is 0 Å². The number of hydrogen-bond donors (Lipinski definition) is 1. The number of piperidine rings is 1. The van der Waals surface area contributed by atoms with Crippen molar-refractivity contribution in [2.75, 3.05) is 20.1 Å². The van der Waals surface area contributed by atoms with E-state index >= 15 is 0 Å². The molecule has 1 amide bonds. The molecule has 18 heavy (non-hydrogen) atoms. The number of benzene rings is 1. The molecule has 1 N–H and O–H groups in total. The van der Waals surface area contributed by atoms with E-state index in [0.717, 1.165) is 31.5 Å². The number of carbonyl (C=O) groups excluding carboxylic acids is 1. The molecule has 0 spiro atoms. The second kappa shape index (κ2) is 6.21. The monoisotopic (exact) mass is 266 g/mol. The first kappa shape index (κ1) is 13.4. The van der Waals surface area contributed by atoms with Crippen molar-refractivity contribution in [2.45, 2.75) is 19.4 Å². The highest BCUT2D eigenvalue weighted by atomic mass is 35.5. The van der Waals surface area contributed by atoms with Crippen LogP contribution in [0.4, 0.5) is 0 Å². The molecule has 0 aromatic heterocycles. The summed E-state index contributed by atoms with van der Waals surface area (Å²) in [6.45, 7) is 2.46. The third-order valence-corrected chi connectivity index (χ3v) is 3.77. The van der Waals surface area contributed by atoms with Crippen molar-refractivity contribution in [3.8, 4) is 0 Å². The number of halogens is 1. The van der Waals surface area contributed by atoms with Gasteiger partial charge in [-0.3, -0.25) is 4.79 Å². The lowest BCUT2D eigenvalue weighted by Crippen LogP contribution is -2.41. The molecule has 1 aliphatic heterocycles. The van der Waals surface area contributed by atoms with Gasteiger partial charge in [-0.05, 0) is 38.1 Å². The smallest absolute Gasteiger partial charge is 0.224 e. The van der Waals surface area contributed by atoms with Crippen molar-refractivity contribution in [2.24, 2.45) is 5.92 Å². The number of nitrogens with zero attached hydrogens (tertiary/aromatic N) is 1. The van der Waals surface area contributed by atoms with Crippen LogP contribution in [0.15, 0.2) is 24.3 Å². The van der Waals surface area contributed by atoms with Crippen LogP contribution in [0.2, 0.25) is 5.02 Å². The minimum atomic E-state index is 0.117. The van der Waals surface area contributed by atoms with Crippen LogP contribution in [0, 0.1) is 5.92 Å². The fourth-order valence-corrected chi connectivity index (χ4v) is 2.55. The summed E-state index contributed by atoms with van der Waals surface area (Å²) >= 11 is 6.06. The summed E-state index contributed by atoms with van der Waals surface area (Å²) in [6, 6.07) is 7.61. The fraction of sp³-hybridized carbons (Fsp3) is 0.500. The summed E-state index contributed by atoms with van der Waals surface area (Å²) in [5, 5.41) is 3.69. The number of rotatable bonds is 3. The van der Waals surface area contributed by atoms with Gasteiger partial charge in [-0.1, -0.05) is 29.8 Å². The first-order chi connectivity index (χ1) is 8.66. The van der Waals surface area contributed by atoms with Gasteiger partial charge in [0, 0.05) is 18.1 Å². The number of carbonyl (C=O) groups is 1. The Morgan fingerprint density at radius 2 is 2.28 bits per heavy atom. The van der Waals surface area contributed by atoms with Crippen LogP contribution in [-0.4, -0.2) is 30.9 Å². The maximum Gasteiger partial charge on any atom is 0.224 e. The summed E-state index contributed by atoms with van der Waals surface area (Å²) in [6.07, 6.45) is 2.08. The van der Waals surface area contributed by atoms with Crippen LogP contribution in [-0.2, 0) is 11.3 Å². The minimum absolute atomic E-state index is 0.117. The molecule has 0 radical (unpaired) electrons. The van der Waals surface area contributed by atoms with Crippen molar-refractivity contribution >= 4 is 17.5 Å². The average molecular weight is 267 g/mol. The number of nitrogens with one attached hydrogen (secondary N) is 1. The molecule has 1 fully saturated rings. The van der Waals surface area contributed by atoms with Gasteiger partial charge in [0.25, 0.3) is 0 Å². The molecule has 1 aromatic rings. The highest BCUT2D eigenvalue weighted by molar-refractivity contribution is 6.31. The summed E-state index contributed by atoms with van der Waals surface area (Å²) in [7, 11) is 2.06. The van der Waals surface area contributed by atoms with E-state index in [1.165, 1.54) is 0 Å². The summed E-state index contributed by atoms with van der Waals surface area (Å²) in [5.74, 6) is 0.257. The zero-order valence-corrected chi connectivity index (χ0v) is 11.4. The first-order valence-corrected chi connectivity index (χ1v) is 6.74. The largest absolute Gasteiger partial charge is 0.352 e. The zero-order chi connectivity index (χ0) is 13.0. The SMILES string of the molecule is CN1CCC[C@@H](C(=O)NCc2ccccc2Cl)C1. The van der Waals surface area contributed by atoms with Gasteiger partial charge in [0.2, 0.25) is 5.91 Å². The Kier molecular flexibility index (Phi) is 4.61. The molecule has 0 bridgehead atoms. The Hall–Kier alpha value is -1.06. The van der Waals surface area contributed by atoms with Crippen LogP contribution in [0.1, 0.15) is 18.4 Å². The molecule has 2 rings (SSSR count). The maximum absolute atomic E-state index is 12.0. The second-order valence-corrected chi connectivity index (χ2v) is 5.32. The van der Waals surface area contributed by atoms with E-state index in [1.807, 2.05) is 24.3 Å². The third-order valence-electron chi connectivity index (χ3n) is 3.41. The number of likely N-dealkylation sites (tertiary alicyclic amines) is 1. The molecular formula is C14H19ClN2O. The number of amides is 1. The van der Waals surface area contributed by atoms with Crippen LogP contribution in [0.25, 0.3) is 0 Å². The molecule has 3 nitrogen and oxygen atoms in total. The summed E-state index contributed by atoms with van der Waals surface area (Å²) in [5.41, 5.74) is 0.969. The van der Waals surface area contributed by atoms with E-state index in [-0.39, 0.29) is 11.8 Å². The van der Waals surface area contributed by atoms with Gasteiger partial charge < -0.3 is 10.2 Å². The van der Waals surface area contributed by atoms with Crippen molar-refractivity contribution < 1.29 is 4.79 Å². The lowest BCUT2D eigenvalue weighted by molar-refractivity contribution is -0.126. The van der Waals surface area contributed by atoms with Gasteiger partial charge in [0.15, 0.2) is 0 Å². The van der Waals surface area contributed by atoms with E-state index in [0.29, 0.717) is 11.6 Å². The molecule has 98 valence electrons. The standard InChI is InChI=1S/C14H19ClN2O/c1-17-8-4-6-12(10-17)14(18)16-9-11-5-2-3-7-13(11)15/h2-3,5,7,12H,4,6,8-10H2,1H3,(H,16,18)/t12-/m1/s1. The fourth-order valence-electron chi connectivity index (χ4n) is 2.35. The van der Waals surface area contributed by atoms with E-state index in [2.05, 4.69) is 17.3 Å². The van der Waals surface area contributed by atoms with Crippen molar-refractivity contribution in [1.29, 1.82) is 0 Å². The highest BCUT2D eigenvalue weighted by Crippen LogP contribution is 2.17. The lowest BCUT2D eigenvalue weighted by atomic mass is 9.97. The van der Waals surface area contributed by atoms with Gasteiger partial charge in [-0.25, -0.2) is 0 Å². The van der Waals surface area contributed by atoms with E-state index in [1.54, 1.807) is 0 Å². The Morgan fingerprint density at radius 1 is 1.50 bits per heavy atom. The molecule has 1 saturated heterocycles. The predicted octanol–water partition coefficient (Wildman–Crippen LogP) is 2.30. The van der Waals surface area contributed by atoms with Gasteiger partial charge >= 0.3 is 0 Å². The Morgan fingerprint density at radius 3 is 3.00 bits per heavy atom. The van der Waals surface area contributed by atoms with Crippen molar-refractivity contribution in [1.82, 2.24) is 10.2 Å². The summed E-state index contributed by atoms with van der Waals surface area (Å²) < 4.78 is 0. The van der Waals surface area contributed by atoms with E-state index in [4.69, 9.17) is 11.6 Å². The van der Waals surface area contributed by atoms with Gasteiger partial charge in [0.05, 0.1) is 5.92 Å². The van der Waals surface area contributed by atoms with Crippen LogP contribution in [0.5, 0.6) is 0 Å². The van der Waals surface area contributed by atoms with Crippen molar-refractivity contribution in [3.63, 3.8) is 0 Å². The Balaban J connectivity index is 1.86. The molecule has 1 aliphatic rings. The summed E-state index contributed by atoms with van der Waals surface area (Å²) in [4.78, 5) is 14.3. The molecule has 1 heterocycles. The highest BCUT2D eigenvalue weighted by Gasteiger charge is 2.23. The van der Waals surface area contributed by atoms with Crippen LogP contribution < -0.4 is 5.32 Å². The molecule has 0 aliphatic carbocycles. The minimum Gasteiger partial charge on any atom is -0.352 e. The molecule has 1 aromatic carbocycles. The Labute approximate surface area is 113 Å². The third kappa shape index (κ3) is 3.47. The predicted molar refractivity (Wildman–Crippen MR) is 73.5 cm³/mol. The first-order valence-electron chi connectivity index (χ1n) is 6.36. The zero-order valence-electron chi connectivity index (χ0n) is 10.7. The van der Waals surface area contributed by atoms with Crippen molar-refractivity contribution in [3.05, 3.63) is 34.9 Å².